The molecule has 34 heavy (non-hydrogen) atoms. The van der Waals surface area contributed by atoms with Gasteiger partial charge in [0.25, 0.3) is 5.56 Å². The number of halogens is 3. The van der Waals surface area contributed by atoms with E-state index in [4.69, 9.17) is 9.47 Å². The normalized spacial score (nSPS) is 11.8. The van der Waals surface area contributed by atoms with Gasteiger partial charge in [-0.25, -0.2) is 9.48 Å². The fourth-order valence-corrected chi connectivity index (χ4v) is 2.72. The minimum Gasteiger partial charge on any atom is -0.546 e. The van der Waals surface area contributed by atoms with Gasteiger partial charge >= 0.3 is 11.9 Å². The summed E-state index contributed by atoms with van der Waals surface area (Å²) in [6.45, 7) is 2.98. The van der Waals surface area contributed by atoms with Gasteiger partial charge in [0.1, 0.15) is 17.1 Å². The number of ether oxygens (including phenoxy) is 2. The molecule has 0 aliphatic carbocycles. The predicted molar refractivity (Wildman–Crippen MR) is 114 cm³/mol. The van der Waals surface area contributed by atoms with Gasteiger partial charge in [-0.2, -0.15) is 13.2 Å². The van der Waals surface area contributed by atoms with Crippen molar-refractivity contribution in [2.24, 2.45) is 7.05 Å². The van der Waals surface area contributed by atoms with E-state index in [1.807, 2.05) is 0 Å². The topological polar surface area (TPSA) is 128 Å². The molecule has 0 bridgehead atoms. The van der Waals surface area contributed by atoms with Gasteiger partial charge in [-0.15, -0.1) is 5.10 Å². The predicted octanol–water partition coefficient (Wildman–Crippen LogP) is 1.07. The number of rotatable bonds is 12. The van der Waals surface area contributed by atoms with E-state index in [0.717, 1.165) is 9.25 Å². The van der Waals surface area contributed by atoms with Crippen molar-refractivity contribution in [3.63, 3.8) is 0 Å². The summed E-state index contributed by atoms with van der Waals surface area (Å²) in [4.78, 5) is 35.3. The summed E-state index contributed by atoms with van der Waals surface area (Å²) >= 11 is 0. The maximum atomic E-state index is 12.3. The Bertz CT molecular complexity index is 1090. The van der Waals surface area contributed by atoms with Crippen molar-refractivity contribution in [2.45, 2.75) is 51.4 Å². The number of anilines is 1. The second-order valence-corrected chi connectivity index (χ2v) is 7.94. The molecule has 0 unspecified atom stereocenters. The molecule has 0 radical (unpaired) electrons. The summed E-state index contributed by atoms with van der Waals surface area (Å²) < 4.78 is 49.5. The highest BCUT2D eigenvalue weighted by atomic mass is 19.4. The number of carboxylic acids is 1. The molecule has 0 aliphatic heterocycles. The first-order valence-corrected chi connectivity index (χ1v) is 10.4. The zero-order valence-corrected chi connectivity index (χ0v) is 19.0. The van der Waals surface area contributed by atoms with Gasteiger partial charge in [-0.1, -0.05) is 0 Å². The van der Waals surface area contributed by atoms with Crippen LogP contribution in [0.2, 0.25) is 0 Å². The average Bonchev–Trinajstić information content (AvgIpc) is 2.74. The Labute approximate surface area is 192 Å². The van der Waals surface area contributed by atoms with Crippen LogP contribution in [0.15, 0.2) is 33.9 Å². The zero-order valence-electron chi connectivity index (χ0n) is 19.0. The highest BCUT2D eigenvalue weighted by Crippen LogP contribution is 2.22. The van der Waals surface area contributed by atoms with Gasteiger partial charge in [-0.05, 0) is 51.0 Å². The second-order valence-electron chi connectivity index (χ2n) is 7.94. The molecule has 10 nitrogen and oxygen atoms in total. The van der Waals surface area contributed by atoms with Crippen LogP contribution < -0.4 is 31.1 Å². The summed E-state index contributed by atoms with van der Waals surface area (Å²) in [6.07, 6.45) is -5.30. The van der Waals surface area contributed by atoms with Gasteiger partial charge in [0.15, 0.2) is 0 Å². The first kappa shape index (κ1) is 26.7. The Morgan fingerprint density at radius 3 is 2.32 bits per heavy atom. The number of carbonyl (C=O) groups is 1. The van der Waals surface area contributed by atoms with Crippen LogP contribution in [0.25, 0.3) is 0 Å². The number of alkyl halides is 3. The molecule has 0 spiro atoms. The molecule has 1 aromatic carbocycles. The van der Waals surface area contributed by atoms with Gasteiger partial charge in [0.2, 0.25) is 5.82 Å². The molecule has 0 aliphatic rings. The maximum absolute atomic E-state index is 12.3. The minimum absolute atomic E-state index is 0.147. The Hall–Kier alpha value is -3.51. The number of hydrogen-bond acceptors (Lipinski definition) is 8. The van der Waals surface area contributed by atoms with Gasteiger partial charge in [0.05, 0.1) is 12.6 Å². The van der Waals surface area contributed by atoms with Crippen molar-refractivity contribution < 1.29 is 32.5 Å². The summed E-state index contributed by atoms with van der Waals surface area (Å²) in [5, 5.41) is 17.6. The molecule has 1 N–H and O–H groups in total. The van der Waals surface area contributed by atoms with Crippen LogP contribution in [0.1, 0.15) is 33.1 Å². The maximum Gasteiger partial charge on any atom is 0.389 e. The lowest BCUT2D eigenvalue weighted by Crippen LogP contribution is -2.47. The van der Waals surface area contributed by atoms with Crippen LogP contribution in [0.4, 0.5) is 19.0 Å². The number of hydrogen-bond donors (Lipinski definition) is 1. The van der Waals surface area contributed by atoms with Crippen molar-refractivity contribution in [2.75, 3.05) is 18.5 Å². The van der Waals surface area contributed by atoms with Crippen molar-refractivity contribution in [3.8, 4) is 11.5 Å². The molecule has 0 fully saturated rings. The summed E-state index contributed by atoms with van der Waals surface area (Å²) in [7, 11) is 1.22. The molecule has 0 saturated carbocycles. The fourth-order valence-electron chi connectivity index (χ4n) is 2.72. The average molecular weight is 487 g/mol. The molecule has 0 atom stereocenters. The lowest BCUT2D eigenvalue weighted by Gasteiger charge is -2.27. The van der Waals surface area contributed by atoms with Crippen LogP contribution in [0, 0.1) is 0 Å². The Kier molecular flexibility index (Phi) is 8.71. The fraction of sp³-hybridized carbons (Fsp3) is 0.524. The molecule has 2 rings (SSSR count). The molecular weight excluding hydrogens is 461 g/mol. The summed E-state index contributed by atoms with van der Waals surface area (Å²) in [6, 6.07) is 6.30. The van der Waals surface area contributed by atoms with Crippen LogP contribution in [0.5, 0.6) is 11.5 Å². The lowest BCUT2D eigenvalue weighted by molar-refractivity contribution is -0.320. The highest BCUT2D eigenvalue weighted by molar-refractivity contribution is 5.74. The smallest absolute Gasteiger partial charge is 0.389 e. The van der Waals surface area contributed by atoms with Crippen molar-refractivity contribution in [1.82, 2.24) is 14.3 Å². The Balaban J connectivity index is 1.86. The van der Waals surface area contributed by atoms with E-state index in [1.165, 1.54) is 20.9 Å². The third-order valence-corrected chi connectivity index (χ3v) is 4.64. The van der Waals surface area contributed by atoms with Gasteiger partial charge < -0.3 is 24.7 Å². The van der Waals surface area contributed by atoms with Crippen molar-refractivity contribution in [1.29, 1.82) is 0 Å². The van der Waals surface area contributed by atoms with Gasteiger partial charge in [-0.3, -0.25) is 9.36 Å². The molecule has 13 heteroatoms. The SMILES string of the molecule is Cn1c(=O)c(NCCCOc2ccc(OC(C)(C)C(=O)[O-])cc2)nn(CCCC(F)(F)F)c1=O. The number of aryl methyl sites for hydroxylation is 1. The third kappa shape index (κ3) is 7.81. The Morgan fingerprint density at radius 1 is 1.12 bits per heavy atom. The quantitative estimate of drug-likeness (QED) is 0.441. The number of benzene rings is 1. The van der Waals surface area contributed by atoms with E-state index in [1.54, 1.807) is 24.3 Å². The van der Waals surface area contributed by atoms with Gasteiger partial charge in [0, 0.05) is 26.6 Å². The number of aromatic nitrogens is 3. The Morgan fingerprint density at radius 2 is 1.74 bits per heavy atom. The van der Waals surface area contributed by atoms with Crippen molar-refractivity contribution >= 4 is 11.8 Å². The number of nitrogens with zero attached hydrogens (tertiary/aromatic N) is 3. The van der Waals surface area contributed by atoms with E-state index >= 15 is 0 Å². The number of carboxylic acid groups (broad SMARTS) is 1. The second kappa shape index (κ2) is 11.1. The summed E-state index contributed by atoms with van der Waals surface area (Å²) in [5.41, 5.74) is -2.97. The van der Waals surface area contributed by atoms with Crippen LogP contribution in [0.3, 0.4) is 0 Å². The summed E-state index contributed by atoms with van der Waals surface area (Å²) in [5.74, 6) is -0.658. The standard InChI is InChI=1S/C21H27F3N4O6/c1-20(2,18(30)31)34-15-8-6-14(7-9-15)33-13-5-11-25-16-17(29)27(3)19(32)28(26-16)12-4-10-21(22,23)24/h6-9H,4-5,10-13H2,1-3H3,(H,25,26)(H,30,31)/p-1. The van der Waals surface area contributed by atoms with Crippen molar-refractivity contribution in [3.05, 3.63) is 45.1 Å². The molecule has 0 saturated heterocycles. The molecule has 2 aromatic rings. The molecule has 0 amide bonds. The number of carbonyl (C=O) groups excluding carboxylic acids is 1. The number of nitrogens with one attached hydrogen (secondary N) is 1. The first-order chi connectivity index (χ1) is 15.8. The van der Waals surface area contributed by atoms with Crippen LogP contribution >= 0.6 is 0 Å². The lowest BCUT2D eigenvalue weighted by atomic mass is 10.1. The number of aliphatic carboxylic acids is 1. The zero-order chi connectivity index (χ0) is 25.5. The molecule has 188 valence electrons. The molecule has 1 aromatic heterocycles. The van der Waals surface area contributed by atoms with E-state index in [9.17, 15) is 32.7 Å². The van der Waals surface area contributed by atoms with E-state index in [2.05, 4.69) is 10.4 Å². The van der Waals surface area contributed by atoms with Crippen LogP contribution in [-0.4, -0.2) is 45.2 Å². The highest BCUT2D eigenvalue weighted by Gasteiger charge is 2.26. The molecule has 1 heterocycles. The minimum atomic E-state index is -4.34. The molecular formula is C21H26F3N4O6-. The first-order valence-electron chi connectivity index (χ1n) is 10.4. The van der Waals surface area contributed by atoms with E-state index in [-0.39, 0.29) is 31.9 Å². The van der Waals surface area contributed by atoms with Crippen LogP contribution in [-0.2, 0) is 18.4 Å². The van der Waals surface area contributed by atoms with E-state index < -0.39 is 35.4 Å². The third-order valence-electron chi connectivity index (χ3n) is 4.64. The van der Waals surface area contributed by atoms with E-state index in [0.29, 0.717) is 17.9 Å². The largest absolute Gasteiger partial charge is 0.546 e. The monoisotopic (exact) mass is 487 g/mol.